The van der Waals surface area contributed by atoms with Crippen LogP contribution in [0.1, 0.15) is 38.3 Å². The summed E-state index contributed by atoms with van der Waals surface area (Å²) in [4.78, 5) is 33.7. The van der Waals surface area contributed by atoms with Gasteiger partial charge in [0.15, 0.2) is 5.92 Å². The molecule has 0 saturated heterocycles. The molecule has 0 fully saturated rings. The van der Waals surface area contributed by atoms with Crippen LogP contribution in [0, 0.1) is 5.92 Å². The highest BCUT2D eigenvalue weighted by Crippen LogP contribution is 2.43. The van der Waals surface area contributed by atoms with Crippen LogP contribution in [0.25, 0.3) is 21.8 Å². The van der Waals surface area contributed by atoms with Crippen LogP contribution in [0.5, 0.6) is 0 Å². The fourth-order valence-corrected chi connectivity index (χ4v) is 4.86. The van der Waals surface area contributed by atoms with Crippen molar-refractivity contribution in [3.8, 4) is 0 Å². The van der Waals surface area contributed by atoms with Gasteiger partial charge in [0.05, 0.1) is 23.7 Å². The molecule has 3 aromatic carbocycles. The summed E-state index contributed by atoms with van der Waals surface area (Å²) < 4.78 is 7.52. The van der Waals surface area contributed by atoms with Crippen LogP contribution >= 0.6 is 0 Å². The molecule has 33 heavy (non-hydrogen) atoms. The number of amides is 1. The summed E-state index contributed by atoms with van der Waals surface area (Å²) in [5.41, 5.74) is 2.62. The third-order valence-electron chi connectivity index (χ3n) is 6.36. The first kappa shape index (κ1) is 21.2. The number of aromatic nitrogens is 2. The Bertz CT molecular complexity index is 1340. The van der Waals surface area contributed by atoms with E-state index in [2.05, 4.69) is 11.5 Å². The molecule has 6 heteroatoms. The molecule has 0 spiro atoms. The number of carbonyl (C=O) groups is 2. The van der Waals surface area contributed by atoms with E-state index in [1.54, 1.807) is 11.8 Å². The Hall–Kier alpha value is -3.67. The van der Waals surface area contributed by atoms with Gasteiger partial charge in [-0.2, -0.15) is 0 Å². The fourth-order valence-electron chi connectivity index (χ4n) is 4.86. The average Bonchev–Trinajstić information content (AvgIpc) is 3.22. The van der Waals surface area contributed by atoms with E-state index < -0.39 is 17.9 Å². The maximum absolute atomic E-state index is 13.9. The van der Waals surface area contributed by atoms with Crippen molar-refractivity contribution in [2.45, 2.75) is 32.7 Å². The molecule has 2 heterocycles. The maximum atomic E-state index is 13.9. The van der Waals surface area contributed by atoms with E-state index in [1.807, 2.05) is 66.7 Å². The third-order valence-corrected chi connectivity index (χ3v) is 6.36. The Morgan fingerprint density at radius 1 is 1.00 bits per heavy atom. The lowest BCUT2D eigenvalue weighted by molar-refractivity contribution is -0.153. The van der Waals surface area contributed by atoms with Gasteiger partial charge in [-0.15, -0.1) is 0 Å². The van der Waals surface area contributed by atoms with Gasteiger partial charge in [-0.3, -0.25) is 14.5 Å². The lowest BCUT2D eigenvalue weighted by atomic mass is 9.86. The third kappa shape index (κ3) is 3.46. The van der Waals surface area contributed by atoms with Gasteiger partial charge >= 0.3 is 5.97 Å². The number of anilines is 1. The number of ether oxygens (including phenoxy) is 1. The van der Waals surface area contributed by atoms with Crippen molar-refractivity contribution >= 4 is 39.6 Å². The maximum Gasteiger partial charge on any atom is 0.321 e. The monoisotopic (exact) mass is 441 g/mol. The van der Waals surface area contributed by atoms with Crippen LogP contribution in [0.3, 0.4) is 0 Å². The normalized spacial score (nSPS) is 18.0. The second-order valence-electron chi connectivity index (χ2n) is 8.36. The quantitative estimate of drug-likeness (QED) is 0.308. The predicted molar refractivity (Wildman–Crippen MR) is 129 cm³/mol. The van der Waals surface area contributed by atoms with Crippen LogP contribution in [-0.4, -0.2) is 34.6 Å². The van der Waals surface area contributed by atoms with E-state index in [-0.39, 0.29) is 12.5 Å². The van der Waals surface area contributed by atoms with Gasteiger partial charge in [0.2, 0.25) is 11.9 Å². The van der Waals surface area contributed by atoms with Crippen molar-refractivity contribution < 1.29 is 14.3 Å². The fraction of sp³-hybridized carbons (Fsp3) is 0.296. The van der Waals surface area contributed by atoms with E-state index in [0.717, 1.165) is 40.2 Å². The molecule has 168 valence electrons. The number of fused-ring (bicyclic) bond motifs is 4. The summed E-state index contributed by atoms with van der Waals surface area (Å²) >= 11 is 0. The van der Waals surface area contributed by atoms with Crippen LogP contribution in [0.4, 0.5) is 5.95 Å². The Morgan fingerprint density at radius 3 is 2.58 bits per heavy atom. The van der Waals surface area contributed by atoms with Gasteiger partial charge in [-0.25, -0.2) is 4.98 Å². The second kappa shape index (κ2) is 8.70. The average molecular weight is 442 g/mol. The number of rotatable bonds is 6. The number of imidazole rings is 1. The molecule has 0 bridgehead atoms. The van der Waals surface area contributed by atoms with Gasteiger partial charge in [-0.05, 0) is 41.8 Å². The zero-order valence-electron chi connectivity index (χ0n) is 18.9. The number of para-hydroxylation sites is 2. The van der Waals surface area contributed by atoms with E-state index in [0.29, 0.717) is 12.5 Å². The van der Waals surface area contributed by atoms with Gasteiger partial charge in [0.1, 0.15) is 0 Å². The number of carbonyl (C=O) groups excluding carboxylic acids is 2. The number of esters is 1. The topological polar surface area (TPSA) is 64.4 Å². The minimum atomic E-state index is -0.988. The Kier molecular flexibility index (Phi) is 5.58. The Labute approximate surface area is 192 Å². The molecule has 0 N–H and O–H groups in total. The van der Waals surface area contributed by atoms with Gasteiger partial charge < -0.3 is 9.30 Å². The van der Waals surface area contributed by atoms with Gasteiger partial charge in [0.25, 0.3) is 0 Å². The summed E-state index contributed by atoms with van der Waals surface area (Å²) in [6.07, 6.45) is 1.75. The first-order valence-corrected chi connectivity index (χ1v) is 11.6. The van der Waals surface area contributed by atoms with Crippen LogP contribution < -0.4 is 4.90 Å². The van der Waals surface area contributed by atoms with E-state index in [1.165, 1.54) is 0 Å². The summed E-state index contributed by atoms with van der Waals surface area (Å²) in [5.74, 6) is -1.14. The number of hydrogen-bond donors (Lipinski definition) is 0. The highest BCUT2D eigenvalue weighted by Gasteiger charge is 2.48. The molecule has 0 saturated carbocycles. The highest BCUT2D eigenvalue weighted by molar-refractivity contribution is 6.09. The first-order chi connectivity index (χ1) is 16.2. The van der Waals surface area contributed by atoms with Gasteiger partial charge in [0, 0.05) is 6.54 Å². The standard InChI is InChI=1S/C27H27N3O3/c1-3-5-17-29-25(31)23(26(32)33-4-2)24(20-14-10-12-18-11-6-7-13-19(18)20)30-22-16-9-8-15-21(22)28-27(29)30/h6-16,23-24H,3-5,17H2,1-2H3. The minimum absolute atomic E-state index is 0.220. The first-order valence-electron chi connectivity index (χ1n) is 11.6. The summed E-state index contributed by atoms with van der Waals surface area (Å²) in [6, 6.07) is 21.4. The van der Waals surface area contributed by atoms with Gasteiger partial charge in [-0.1, -0.05) is 67.9 Å². The molecule has 6 nitrogen and oxygen atoms in total. The van der Waals surface area contributed by atoms with Crippen LogP contribution in [0.2, 0.25) is 0 Å². The number of hydrogen-bond acceptors (Lipinski definition) is 4. The molecule has 5 rings (SSSR count). The molecular formula is C27H27N3O3. The zero-order valence-corrected chi connectivity index (χ0v) is 18.9. The Balaban J connectivity index is 1.82. The molecule has 1 aliphatic rings. The lowest BCUT2D eigenvalue weighted by Gasteiger charge is -2.38. The van der Waals surface area contributed by atoms with Crippen molar-refractivity contribution in [3.05, 3.63) is 72.3 Å². The second-order valence-corrected chi connectivity index (χ2v) is 8.36. The molecular weight excluding hydrogens is 414 g/mol. The number of nitrogens with zero attached hydrogens (tertiary/aromatic N) is 3. The highest BCUT2D eigenvalue weighted by atomic mass is 16.5. The summed E-state index contributed by atoms with van der Waals surface area (Å²) in [5, 5.41) is 2.07. The zero-order chi connectivity index (χ0) is 22.9. The molecule has 1 aliphatic heterocycles. The minimum Gasteiger partial charge on any atom is -0.465 e. The van der Waals surface area contributed by atoms with Crippen LogP contribution in [0.15, 0.2) is 66.7 Å². The van der Waals surface area contributed by atoms with Crippen molar-refractivity contribution in [1.82, 2.24) is 9.55 Å². The van der Waals surface area contributed by atoms with Crippen molar-refractivity contribution in [2.24, 2.45) is 5.92 Å². The van der Waals surface area contributed by atoms with Crippen molar-refractivity contribution in [3.63, 3.8) is 0 Å². The molecule has 2 unspecified atom stereocenters. The Morgan fingerprint density at radius 2 is 1.76 bits per heavy atom. The SMILES string of the molecule is CCCCN1C(=O)C(C(=O)OCC)C(c2cccc3ccccc23)n2c1nc1ccccc12. The van der Waals surface area contributed by atoms with Crippen molar-refractivity contribution in [2.75, 3.05) is 18.1 Å². The predicted octanol–water partition coefficient (Wildman–Crippen LogP) is 5.10. The van der Waals surface area contributed by atoms with Crippen LogP contribution in [-0.2, 0) is 14.3 Å². The number of unbranched alkanes of at least 4 members (excludes halogenated alkanes) is 1. The number of benzene rings is 3. The molecule has 1 amide bonds. The summed E-state index contributed by atoms with van der Waals surface area (Å²) in [6.45, 7) is 4.58. The molecule has 2 atom stereocenters. The molecule has 1 aromatic heterocycles. The molecule has 4 aromatic rings. The molecule has 0 aliphatic carbocycles. The van der Waals surface area contributed by atoms with Crippen molar-refractivity contribution in [1.29, 1.82) is 0 Å². The largest absolute Gasteiger partial charge is 0.465 e. The summed E-state index contributed by atoms with van der Waals surface area (Å²) in [7, 11) is 0. The lowest BCUT2D eigenvalue weighted by Crippen LogP contribution is -2.50. The van der Waals surface area contributed by atoms with E-state index in [9.17, 15) is 9.59 Å². The smallest absolute Gasteiger partial charge is 0.321 e. The van der Waals surface area contributed by atoms with E-state index in [4.69, 9.17) is 9.72 Å². The molecule has 0 radical (unpaired) electrons. The van der Waals surface area contributed by atoms with E-state index >= 15 is 0 Å².